The van der Waals surface area contributed by atoms with Crippen LogP contribution < -0.4 is 0 Å². The molecule has 0 unspecified atom stereocenters. The van der Waals surface area contributed by atoms with E-state index in [4.69, 9.17) is 16.1 Å². The first-order valence-electron chi connectivity index (χ1n) is 3.15. The molecule has 3 nitrogen and oxygen atoms in total. The van der Waals surface area contributed by atoms with E-state index >= 15 is 0 Å². The van der Waals surface area contributed by atoms with Gasteiger partial charge < -0.3 is 4.52 Å². The van der Waals surface area contributed by atoms with Crippen LogP contribution in [0.3, 0.4) is 0 Å². The van der Waals surface area contributed by atoms with Gasteiger partial charge in [0.2, 0.25) is 0 Å². The number of hydrogen-bond donors (Lipinski definition) is 0. The summed E-state index contributed by atoms with van der Waals surface area (Å²) in [5, 5.41) is 5.10. The third-order valence-corrected chi connectivity index (χ3v) is 1.71. The average Bonchev–Trinajstić information content (AvgIpc) is 2.32. The molecule has 0 aliphatic carbocycles. The van der Waals surface area contributed by atoms with Gasteiger partial charge in [-0.1, -0.05) is 16.8 Å². The highest BCUT2D eigenvalue weighted by molar-refractivity contribution is 6.29. The van der Waals surface area contributed by atoms with Crippen LogP contribution in [0.4, 0.5) is 0 Å². The second kappa shape index (κ2) is 2.20. The number of rotatable bonds is 0. The van der Waals surface area contributed by atoms with E-state index in [0.717, 1.165) is 11.1 Å². The predicted octanol–water partition coefficient (Wildman–Crippen LogP) is 2.18. The minimum absolute atomic E-state index is 0.425. The lowest BCUT2D eigenvalue weighted by atomic mass is 10.3. The molecule has 0 radical (unpaired) electrons. The zero-order valence-electron chi connectivity index (χ0n) is 5.84. The summed E-state index contributed by atoms with van der Waals surface area (Å²) in [6, 6.07) is 1.65. The Morgan fingerprint density at radius 3 is 3.18 bits per heavy atom. The summed E-state index contributed by atoms with van der Waals surface area (Å²) >= 11 is 5.63. The van der Waals surface area contributed by atoms with Gasteiger partial charge in [-0.3, -0.25) is 0 Å². The molecule has 2 aromatic heterocycles. The minimum Gasteiger partial charge on any atom is -0.356 e. The standard InChI is InChI=1S/C7H5ClN2O/c1-4-5-3-9-7(8)2-6(5)11-10-4/h2-3H,1H3. The van der Waals surface area contributed by atoms with Gasteiger partial charge in [-0.05, 0) is 6.92 Å². The van der Waals surface area contributed by atoms with E-state index in [0.29, 0.717) is 10.7 Å². The molecule has 0 aromatic carbocycles. The molecule has 0 aliphatic heterocycles. The molecule has 0 amide bonds. The van der Waals surface area contributed by atoms with Crippen LogP contribution in [0.1, 0.15) is 5.69 Å². The number of nitrogens with zero attached hydrogens (tertiary/aromatic N) is 2. The molecule has 0 saturated carbocycles. The quantitative estimate of drug-likeness (QED) is 0.566. The number of hydrogen-bond acceptors (Lipinski definition) is 3. The van der Waals surface area contributed by atoms with Crippen LogP contribution in [0.25, 0.3) is 11.0 Å². The first-order valence-corrected chi connectivity index (χ1v) is 3.53. The molecular formula is C7H5ClN2O. The number of aryl methyl sites for hydroxylation is 1. The Kier molecular flexibility index (Phi) is 1.32. The Hall–Kier alpha value is -1.09. The number of halogens is 1. The van der Waals surface area contributed by atoms with Gasteiger partial charge in [0, 0.05) is 12.3 Å². The third kappa shape index (κ3) is 0.973. The normalized spacial score (nSPS) is 10.7. The van der Waals surface area contributed by atoms with Gasteiger partial charge in [0.15, 0.2) is 5.58 Å². The van der Waals surface area contributed by atoms with Crippen LogP contribution in [-0.4, -0.2) is 10.1 Å². The van der Waals surface area contributed by atoms with Crippen molar-refractivity contribution in [3.8, 4) is 0 Å². The highest BCUT2D eigenvalue weighted by atomic mass is 35.5. The molecular weight excluding hydrogens is 164 g/mol. The van der Waals surface area contributed by atoms with E-state index in [-0.39, 0.29) is 0 Å². The van der Waals surface area contributed by atoms with Gasteiger partial charge in [-0.2, -0.15) is 0 Å². The van der Waals surface area contributed by atoms with Crippen molar-refractivity contribution in [2.24, 2.45) is 0 Å². The van der Waals surface area contributed by atoms with Crippen molar-refractivity contribution >= 4 is 22.6 Å². The molecule has 0 spiro atoms. The molecule has 0 fully saturated rings. The van der Waals surface area contributed by atoms with Gasteiger partial charge >= 0.3 is 0 Å². The van der Waals surface area contributed by atoms with Gasteiger partial charge in [0.1, 0.15) is 5.15 Å². The van der Waals surface area contributed by atoms with E-state index in [1.54, 1.807) is 12.3 Å². The van der Waals surface area contributed by atoms with Crippen LogP contribution in [0.2, 0.25) is 5.15 Å². The summed E-state index contributed by atoms with van der Waals surface area (Å²) in [4.78, 5) is 3.91. The van der Waals surface area contributed by atoms with E-state index in [1.165, 1.54) is 0 Å². The van der Waals surface area contributed by atoms with Gasteiger partial charge in [-0.15, -0.1) is 0 Å². The Morgan fingerprint density at radius 2 is 2.36 bits per heavy atom. The smallest absolute Gasteiger partial charge is 0.171 e. The third-order valence-electron chi connectivity index (χ3n) is 1.50. The summed E-state index contributed by atoms with van der Waals surface area (Å²) in [7, 11) is 0. The zero-order chi connectivity index (χ0) is 7.84. The molecule has 0 aliphatic rings. The summed E-state index contributed by atoms with van der Waals surface area (Å²) in [5.74, 6) is 0. The van der Waals surface area contributed by atoms with Crippen LogP contribution in [0.15, 0.2) is 16.8 Å². The summed E-state index contributed by atoms with van der Waals surface area (Å²) in [6.07, 6.45) is 1.66. The van der Waals surface area contributed by atoms with Crippen LogP contribution in [-0.2, 0) is 0 Å². The summed E-state index contributed by atoms with van der Waals surface area (Å²) in [6.45, 7) is 1.86. The van der Waals surface area contributed by atoms with E-state index in [1.807, 2.05) is 6.92 Å². The van der Waals surface area contributed by atoms with Crippen molar-refractivity contribution in [2.45, 2.75) is 6.92 Å². The first-order chi connectivity index (χ1) is 5.27. The molecule has 56 valence electrons. The maximum absolute atomic E-state index is 5.63. The molecule has 2 rings (SSSR count). The van der Waals surface area contributed by atoms with Gasteiger partial charge in [0.25, 0.3) is 0 Å². The van der Waals surface area contributed by atoms with E-state index < -0.39 is 0 Å². The zero-order valence-corrected chi connectivity index (χ0v) is 6.59. The number of fused-ring (bicyclic) bond motifs is 1. The largest absolute Gasteiger partial charge is 0.356 e. The van der Waals surface area contributed by atoms with E-state index in [9.17, 15) is 0 Å². The molecule has 4 heteroatoms. The van der Waals surface area contributed by atoms with Crippen LogP contribution >= 0.6 is 11.6 Å². The average molecular weight is 169 g/mol. The highest BCUT2D eigenvalue weighted by Crippen LogP contribution is 2.18. The molecule has 2 heterocycles. The lowest BCUT2D eigenvalue weighted by molar-refractivity contribution is 0.450. The highest BCUT2D eigenvalue weighted by Gasteiger charge is 2.03. The SMILES string of the molecule is Cc1noc2cc(Cl)ncc12. The predicted molar refractivity (Wildman–Crippen MR) is 41.6 cm³/mol. The molecule has 0 N–H and O–H groups in total. The van der Waals surface area contributed by atoms with Crippen LogP contribution in [0, 0.1) is 6.92 Å². The Labute approximate surface area is 68.0 Å². The maximum Gasteiger partial charge on any atom is 0.171 e. The Morgan fingerprint density at radius 1 is 1.55 bits per heavy atom. The second-order valence-corrected chi connectivity index (χ2v) is 2.66. The van der Waals surface area contributed by atoms with Crippen molar-refractivity contribution < 1.29 is 4.52 Å². The topological polar surface area (TPSA) is 38.9 Å². The fourth-order valence-corrected chi connectivity index (χ4v) is 1.07. The Bertz CT molecular complexity index is 396. The fourth-order valence-electron chi connectivity index (χ4n) is 0.927. The maximum atomic E-state index is 5.63. The van der Waals surface area contributed by atoms with Crippen molar-refractivity contribution in [1.82, 2.24) is 10.1 Å². The summed E-state index contributed by atoms with van der Waals surface area (Å²) < 4.78 is 4.96. The molecule has 0 bridgehead atoms. The minimum atomic E-state index is 0.425. The second-order valence-electron chi connectivity index (χ2n) is 2.27. The molecule has 0 saturated heterocycles. The number of aromatic nitrogens is 2. The molecule has 0 atom stereocenters. The first kappa shape index (κ1) is 6.61. The summed E-state index contributed by atoms with van der Waals surface area (Å²) in [5.41, 5.74) is 1.52. The van der Waals surface area contributed by atoms with E-state index in [2.05, 4.69) is 10.1 Å². The van der Waals surface area contributed by atoms with Crippen molar-refractivity contribution in [2.75, 3.05) is 0 Å². The monoisotopic (exact) mass is 168 g/mol. The van der Waals surface area contributed by atoms with Crippen molar-refractivity contribution in [1.29, 1.82) is 0 Å². The Balaban J connectivity index is 2.86. The van der Waals surface area contributed by atoms with Crippen molar-refractivity contribution in [3.63, 3.8) is 0 Å². The van der Waals surface area contributed by atoms with Crippen LogP contribution in [0.5, 0.6) is 0 Å². The lowest BCUT2D eigenvalue weighted by Gasteiger charge is -1.86. The number of pyridine rings is 1. The fraction of sp³-hybridized carbons (Fsp3) is 0.143. The van der Waals surface area contributed by atoms with Gasteiger partial charge in [0.05, 0.1) is 11.1 Å². The lowest BCUT2D eigenvalue weighted by Crippen LogP contribution is -1.74. The van der Waals surface area contributed by atoms with Gasteiger partial charge in [-0.25, -0.2) is 4.98 Å². The molecule has 11 heavy (non-hydrogen) atoms. The molecule has 2 aromatic rings. The van der Waals surface area contributed by atoms with Crippen molar-refractivity contribution in [3.05, 3.63) is 23.1 Å².